The van der Waals surface area contributed by atoms with Gasteiger partial charge in [-0.1, -0.05) is 103 Å². The summed E-state index contributed by atoms with van der Waals surface area (Å²) in [6, 6.07) is 37.1. The molecule has 5 nitrogen and oxygen atoms in total. The summed E-state index contributed by atoms with van der Waals surface area (Å²) >= 11 is 0. The fourth-order valence-electron chi connectivity index (χ4n) is 5.18. The molecular formula is C34H33FN3O2S. The highest BCUT2D eigenvalue weighted by molar-refractivity contribution is 7.89. The van der Waals surface area contributed by atoms with Crippen molar-refractivity contribution in [1.82, 2.24) is 14.3 Å². The van der Waals surface area contributed by atoms with Crippen molar-refractivity contribution >= 4 is 10.0 Å². The molecule has 0 aliphatic rings. The zero-order chi connectivity index (χ0) is 28.5. The first-order valence-electron chi connectivity index (χ1n) is 13.7. The van der Waals surface area contributed by atoms with Crippen molar-refractivity contribution in [2.24, 2.45) is 0 Å². The highest BCUT2D eigenvalue weighted by Gasteiger charge is 2.38. The van der Waals surface area contributed by atoms with Gasteiger partial charge in [-0.05, 0) is 60.1 Å². The second-order valence-electron chi connectivity index (χ2n) is 9.99. The van der Waals surface area contributed by atoms with Crippen molar-refractivity contribution in [3.63, 3.8) is 0 Å². The Bertz CT molecular complexity index is 1530. The Labute approximate surface area is 241 Å². The van der Waals surface area contributed by atoms with Crippen molar-refractivity contribution in [2.75, 3.05) is 5.75 Å². The fourth-order valence-corrected chi connectivity index (χ4v) is 6.16. The molecule has 209 valence electrons. The number of sulfonamides is 1. The minimum atomic E-state index is -3.46. The summed E-state index contributed by atoms with van der Waals surface area (Å²) in [4.78, 5) is 4.77. The van der Waals surface area contributed by atoms with E-state index in [4.69, 9.17) is 4.98 Å². The Balaban J connectivity index is 1.27. The molecule has 0 spiro atoms. The van der Waals surface area contributed by atoms with Crippen LogP contribution in [0, 0.1) is 12.2 Å². The maximum atomic E-state index is 13.1. The van der Waals surface area contributed by atoms with Crippen molar-refractivity contribution in [2.45, 2.75) is 31.3 Å². The van der Waals surface area contributed by atoms with Crippen molar-refractivity contribution in [3.8, 4) is 0 Å². The molecule has 0 unspecified atom stereocenters. The summed E-state index contributed by atoms with van der Waals surface area (Å²) in [5.74, 6) is -0.414. The molecule has 41 heavy (non-hydrogen) atoms. The molecular weight excluding hydrogens is 533 g/mol. The van der Waals surface area contributed by atoms with Gasteiger partial charge in [0.05, 0.1) is 17.8 Å². The average Bonchev–Trinajstić information content (AvgIpc) is 3.48. The van der Waals surface area contributed by atoms with Gasteiger partial charge in [0.2, 0.25) is 10.0 Å². The number of unbranched alkanes of at least 4 members (excludes halogenated alkanes) is 2. The summed E-state index contributed by atoms with van der Waals surface area (Å²) in [5, 5.41) is 0. The van der Waals surface area contributed by atoms with Crippen LogP contribution >= 0.6 is 0 Å². The first-order valence-corrected chi connectivity index (χ1v) is 15.4. The molecule has 1 radical (unpaired) electrons. The summed E-state index contributed by atoms with van der Waals surface area (Å²) < 4.78 is 42.6. The Hall–Kier alpha value is -4.07. The monoisotopic (exact) mass is 566 g/mol. The number of nitrogens with one attached hydrogen (secondary N) is 1. The number of aryl methyl sites for hydroxylation is 1. The van der Waals surface area contributed by atoms with Gasteiger partial charge < -0.3 is 4.57 Å². The molecule has 0 saturated carbocycles. The van der Waals surface area contributed by atoms with Crippen LogP contribution in [-0.4, -0.2) is 23.7 Å². The molecule has 0 amide bonds. The third-order valence-corrected chi connectivity index (χ3v) is 8.44. The van der Waals surface area contributed by atoms with Gasteiger partial charge in [-0.15, -0.1) is 0 Å². The van der Waals surface area contributed by atoms with Crippen molar-refractivity contribution < 1.29 is 12.8 Å². The lowest BCUT2D eigenvalue weighted by Crippen LogP contribution is -2.36. The van der Waals surface area contributed by atoms with Gasteiger partial charge in [-0.2, -0.15) is 0 Å². The average molecular weight is 567 g/mol. The molecule has 1 aromatic heterocycles. The summed E-state index contributed by atoms with van der Waals surface area (Å²) in [6.07, 6.45) is 7.93. The largest absolute Gasteiger partial charge is 0.319 e. The van der Waals surface area contributed by atoms with Gasteiger partial charge in [0.1, 0.15) is 11.4 Å². The molecule has 7 heteroatoms. The fraction of sp³-hybridized carbons (Fsp3) is 0.176. The normalized spacial score (nSPS) is 11.9. The van der Waals surface area contributed by atoms with Crippen LogP contribution in [0.25, 0.3) is 0 Å². The number of aromatic nitrogens is 2. The lowest BCUT2D eigenvalue weighted by Gasteiger charge is -2.37. The molecule has 0 aliphatic carbocycles. The van der Waals surface area contributed by atoms with Gasteiger partial charge in [-0.25, -0.2) is 22.5 Å². The maximum Gasteiger partial charge on any atom is 0.212 e. The standard InChI is InChI=1S/C34H33FN3O2S/c35-32-22-20-28(21-23-32)25-37-41(39,40)24-12-4-11-19-33-26-38(27-36-33)34(29-13-5-1-6-14-29,30-15-7-2-8-16-30)31-17-9-3-10-18-31/h1-3,5-10,12-18,20-23,26-27,37H,4,11,19,24-25H2. The second-order valence-corrected chi connectivity index (χ2v) is 11.8. The molecule has 0 atom stereocenters. The molecule has 4 aromatic carbocycles. The van der Waals surface area contributed by atoms with Crippen LogP contribution in [0.2, 0.25) is 0 Å². The lowest BCUT2D eigenvalue weighted by atomic mass is 9.77. The Morgan fingerprint density at radius 2 is 1.32 bits per heavy atom. The van der Waals surface area contributed by atoms with E-state index in [2.05, 4.69) is 88.3 Å². The predicted molar refractivity (Wildman–Crippen MR) is 161 cm³/mol. The van der Waals surface area contributed by atoms with Crippen molar-refractivity contribution in [3.05, 3.63) is 168 Å². The smallest absolute Gasteiger partial charge is 0.212 e. The minimum Gasteiger partial charge on any atom is -0.319 e. The van der Waals surface area contributed by atoms with Crippen LogP contribution in [0.5, 0.6) is 0 Å². The van der Waals surface area contributed by atoms with Crippen LogP contribution < -0.4 is 4.72 Å². The number of halogens is 1. The van der Waals surface area contributed by atoms with E-state index in [0.29, 0.717) is 12.0 Å². The maximum absolute atomic E-state index is 13.1. The number of benzene rings is 4. The number of rotatable bonds is 13. The van der Waals surface area contributed by atoms with Crippen LogP contribution in [0.4, 0.5) is 4.39 Å². The molecule has 0 fully saturated rings. The zero-order valence-corrected chi connectivity index (χ0v) is 23.6. The minimum absolute atomic E-state index is 0.0677. The highest BCUT2D eigenvalue weighted by Crippen LogP contribution is 2.40. The van der Waals surface area contributed by atoms with Gasteiger partial charge in [0.25, 0.3) is 0 Å². The number of hydrogen-bond donors (Lipinski definition) is 1. The van der Waals surface area contributed by atoms with E-state index in [-0.39, 0.29) is 18.1 Å². The van der Waals surface area contributed by atoms with Crippen LogP contribution in [0.15, 0.2) is 128 Å². The molecule has 1 N–H and O–H groups in total. The van der Waals surface area contributed by atoms with Crippen LogP contribution in [0.3, 0.4) is 0 Å². The molecule has 0 aliphatic heterocycles. The topological polar surface area (TPSA) is 64.0 Å². The van der Waals surface area contributed by atoms with Gasteiger partial charge in [0.15, 0.2) is 0 Å². The predicted octanol–water partition coefficient (Wildman–Crippen LogP) is 6.51. The Morgan fingerprint density at radius 1 is 0.780 bits per heavy atom. The quantitative estimate of drug-likeness (QED) is 0.131. The third-order valence-electron chi connectivity index (χ3n) is 7.19. The van der Waals surface area contributed by atoms with Gasteiger partial charge >= 0.3 is 0 Å². The van der Waals surface area contributed by atoms with E-state index >= 15 is 0 Å². The number of imidazole rings is 1. The van der Waals surface area contributed by atoms with E-state index in [0.717, 1.165) is 35.2 Å². The number of hydrogen-bond acceptors (Lipinski definition) is 3. The molecule has 0 saturated heterocycles. The first-order chi connectivity index (χ1) is 20.0. The van der Waals surface area contributed by atoms with E-state index in [9.17, 15) is 12.8 Å². The Kier molecular flexibility index (Phi) is 9.07. The highest BCUT2D eigenvalue weighted by atomic mass is 32.2. The van der Waals surface area contributed by atoms with Crippen LogP contribution in [0.1, 0.15) is 40.8 Å². The van der Waals surface area contributed by atoms with Gasteiger partial charge in [-0.3, -0.25) is 0 Å². The lowest BCUT2D eigenvalue weighted by molar-refractivity contribution is 0.514. The summed E-state index contributed by atoms with van der Waals surface area (Å²) in [6.45, 7) is 0.139. The van der Waals surface area contributed by atoms with E-state index < -0.39 is 15.6 Å². The summed E-state index contributed by atoms with van der Waals surface area (Å²) in [5.41, 5.74) is 4.45. The van der Waals surface area contributed by atoms with E-state index in [1.807, 2.05) is 24.5 Å². The SMILES string of the molecule is O=S(=O)(C[CH]CCCc1cn(C(c2ccccc2)(c2ccccc2)c2ccccc2)cn1)NCc1ccc(F)cc1. The Morgan fingerprint density at radius 3 is 1.85 bits per heavy atom. The number of nitrogens with zero attached hydrogens (tertiary/aromatic N) is 2. The molecule has 0 bridgehead atoms. The van der Waals surface area contributed by atoms with E-state index in [1.54, 1.807) is 18.6 Å². The van der Waals surface area contributed by atoms with Gasteiger partial charge in [0, 0.05) is 12.7 Å². The summed E-state index contributed by atoms with van der Waals surface area (Å²) in [7, 11) is -3.46. The molecule has 1 heterocycles. The molecule has 5 aromatic rings. The zero-order valence-electron chi connectivity index (χ0n) is 22.7. The first kappa shape index (κ1) is 28.5. The van der Waals surface area contributed by atoms with Crippen molar-refractivity contribution in [1.29, 1.82) is 0 Å². The third kappa shape index (κ3) is 6.81. The van der Waals surface area contributed by atoms with E-state index in [1.165, 1.54) is 12.1 Å². The second kappa shape index (κ2) is 13.1. The molecule has 5 rings (SSSR count). The van der Waals surface area contributed by atoms with Crippen LogP contribution in [-0.2, 0) is 28.5 Å².